The highest BCUT2D eigenvalue weighted by molar-refractivity contribution is 7.97. The van der Waals surface area contributed by atoms with Crippen LogP contribution in [0.2, 0.25) is 0 Å². The molecule has 0 amide bonds. The van der Waals surface area contributed by atoms with Gasteiger partial charge in [-0.3, -0.25) is 4.72 Å². The highest BCUT2D eigenvalue weighted by atomic mass is 32.2. The second kappa shape index (κ2) is 10.5. The zero-order chi connectivity index (χ0) is 24.1. The quantitative estimate of drug-likeness (QED) is 0.433. The van der Waals surface area contributed by atoms with Gasteiger partial charge >= 0.3 is 6.36 Å². The van der Waals surface area contributed by atoms with Crippen molar-refractivity contribution in [3.63, 3.8) is 0 Å². The summed E-state index contributed by atoms with van der Waals surface area (Å²) >= 11 is 1.54. The summed E-state index contributed by atoms with van der Waals surface area (Å²) in [5.41, 5.74) is 3.46. The van der Waals surface area contributed by atoms with Gasteiger partial charge in [0.05, 0.1) is 5.69 Å². The van der Waals surface area contributed by atoms with Crippen LogP contribution in [0.15, 0.2) is 65.6 Å². The van der Waals surface area contributed by atoms with Crippen LogP contribution >= 0.6 is 11.9 Å². The normalized spacial score (nSPS) is 14.8. The lowest BCUT2D eigenvalue weighted by Crippen LogP contribution is -2.44. The SMILES string of the molecule is CNSc1ccc(-c2cc(N3CCN(C)CC3)cc(Nc3ccc(OC(F)(F)F)cc3)n2)cc1. The predicted molar refractivity (Wildman–Crippen MR) is 131 cm³/mol. The molecule has 1 aliphatic heterocycles. The monoisotopic (exact) mass is 489 g/mol. The fourth-order valence-electron chi connectivity index (χ4n) is 3.67. The van der Waals surface area contributed by atoms with Gasteiger partial charge in [0.1, 0.15) is 11.6 Å². The molecule has 1 aliphatic rings. The fourth-order valence-corrected chi connectivity index (χ4v) is 4.18. The van der Waals surface area contributed by atoms with Crippen LogP contribution in [-0.4, -0.2) is 56.5 Å². The number of hydrogen-bond acceptors (Lipinski definition) is 7. The Hall–Kier alpha value is -2.95. The number of nitrogens with zero attached hydrogens (tertiary/aromatic N) is 3. The number of aromatic nitrogens is 1. The molecule has 6 nitrogen and oxygen atoms in total. The van der Waals surface area contributed by atoms with Gasteiger partial charge in [-0.1, -0.05) is 12.1 Å². The van der Waals surface area contributed by atoms with Crippen LogP contribution < -0.4 is 19.7 Å². The third kappa shape index (κ3) is 6.55. The van der Waals surface area contributed by atoms with Crippen LogP contribution in [0.1, 0.15) is 0 Å². The number of ether oxygens (including phenoxy) is 1. The first-order valence-corrected chi connectivity index (χ1v) is 11.6. The first kappa shape index (κ1) is 24.2. The number of hydrogen-bond donors (Lipinski definition) is 2. The molecular formula is C24H26F3N5OS. The minimum absolute atomic E-state index is 0.266. The van der Waals surface area contributed by atoms with Crippen molar-refractivity contribution < 1.29 is 17.9 Å². The van der Waals surface area contributed by atoms with E-state index in [2.05, 4.69) is 37.7 Å². The van der Waals surface area contributed by atoms with E-state index in [4.69, 9.17) is 4.98 Å². The van der Waals surface area contributed by atoms with Crippen LogP contribution in [0.4, 0.5) is 30.4 Å². The molecule has 1 aromatic heterocycles. The van der Waals surface area contributed by atoms with Gasteiger partial charge in [0.15, 0.2) is 0 Å². The molecule has 2 aromatic carbocycles. The van der Waals surface area contributed by atoms with Crippen molar-refractivity contribution in [2.75, 3.05) is 50.5 Å². The number of pyridine rings is 1. The molecule has 1 saturated heterocycles. The lowest BCUT2D eigenvalue weighted by atomic mass is 10.1. The van der Waals surface area contributed by atoms with E-state index in [1.54, 1.807) is 0 Å². The average Bonchev–Trinajstić information content (AvgIpc) is 2.80. The summed E-state index contributed by atoms with van der Waals surface area (Å²) in [7, 11) is 3.98. The molecule has 34 heavy (non-hydrogen) atoms. The standard InChI is InChI=1S/C24H26F3N5OS/c1-28-34-21-9-3-17(4-10-21)22-15-19(32-13-11-31(2)12-14-32)16-23(30-22)29-18-5-7-20(8-6-18)33-24(25,26)27/h3-10,15-16,28H,11-14H2,1-2H3,(H,29,30). The number of likely N-dealkylation sites (N-methyl/N-ethyl adjacent to an activating group) is 1. The molecule has 0 atom stereocenters. The van der Waals surface area contributed by atoms with Crippen LogP contribution in [0.25, 0.3) is 11.3 Å². The Morgan fingerprint density at radius 1 is 0.941 bits per heavy atom. The van der Waals surface area contributed by atoms with E-state index in [-0.39, 0.29) is 5.75 Å². The minimum Gasteiger partial charge on any atom is -0.406 e. The van der Waals surface area contributed by atoms with Crippen LogP contribution in [-0.2, 0) is 0 Å². The summed E-state index contributed by atoms with van der Waals surface area (Å²) in [6, 6.07) is 17.8. The first-order valence-electron chi connectivity index (χ1n) is 10.8. The molecule has 0 saturated carbocycles. The van der Waals surface area contributed by atoms with Crippen molar-refractivity contribution >= 4 is 29.1 Å². The van der Waals surface area contributed by atoms with Gasteiger partial charge in [-0.15, -0.1) is 13.2 Å². The molecular weight excluding hydrogens is 463 g/mol. The highest BCUT2D eigenvalue weighted by Gasteiger charge is 2.31. The molecule has 0 bridgehead atoms. The first-order chi connectivity index (χ1) is 16.3. The number of alkyl halides is 3. The Morgan fingerprint density at radius 2 is 1.62 bits per heavy atom. The maximum Gasteiger partial charge on any atom is 0.573 e. The molecule has 0 radical (unpaired) electrons. The lowest BCUT2D eigenvalue weighted by molar-refractivity contribution is -0.274. The van der Waals surface area contributed by atoms with Crippen molar-refractivity contribution in [3.05, 3.63) is 60.7 Å². The van der Waals surface area contributed by atoms with Gasteiger partial charge in [-0.25, -0.2) is 4.98 Å². The zero-order valence-electron chi connectivity index (χ0n) is 18.9. The Morgan fingerprint density at radius 3 is 2.24 bits per heavy atom. The van der Waals surface area contributed by atoms with E-state index in [9.17, 15) is 13.2 Å². The molecule has 0 aliphatic carbocycles. The van der Waals surface area contributed by atoms with E-state index in [0.29, 0.717) is 11.5 Å². The lowest BCUT2D eigenvalue weighted by Gasteiger charge is -2.34. The van der Waals surface area contributed by atoms with Crippen LogP contribution in [0.5, 0.6) is 5.75 Å². The number of rotatable bonds is 7. The van der Waals surface area contributed by atoms with E-state index in [1.165, 1.54) is 36.2 Å². The average molecular weight is 490 g/mol. The van der Waals surface area contributed by atoms with Crippen molar-refractivity contribution in [1.82, 2.24) is 14.6 Å². The van der Waals surface area contributed by atoms with Crippen molar-refractivity contribution in [2.45, 2.75) is 11.3 Å². The molecule has 2 N–H and O–H groups in total. The molecule has 180 valence electrons. The third-order valence-electron chi connectivity index (χ3n) is 5.41. The molecule has 4 rings (SSSR count). The maximum atomic E-state index is 12.4. The molecule has 2 heterocycles. The zero-order valence-corrected chi connectivity index (χ0v) is 19.7. The van der Waals surface area contributed by atoms with Gasteiger partial charge in [-0.2, -0.15) is 0 Å². The van der Waals surface area contributed by atoms with Crippen molar-refractivity contribution in [3.8, 4) is 17.0 Å². The second-order valence-electron chi connectivity index (χ2n) is 7.91. The number of piperazine rings is 1. The van der Waals surface area contributed by atoms with E-state index in [0.717, 1.165) is 48.0 Å². The van der Waals surface area contributed by atoms with Gasteiger partial charge in [0, 0.05) is 54.1 Å². The molecule has 10 heteroatoms. The van der Waals surface area contributed by atoms with E-state index >= 15 is 0 Å². The van der Waals surface area contributed by atoms with Gasteiger partial charge < -0.3 is 19.9 Å². The summed E-state index contributed by atoms with van der Waals surface area (Å²) in [4.78, 5) is 10.5. The van der Waals surface area contributed by atoms with E-state index < -0.39 is 6.36 Å². The Bertz CT molecular complexity index is 1090. The summed E-state index contributed by atoms with van der Waals surface area (Å²) < 4.78 is 44.4. The molecule has 0 spiro atoms. The summed E-state index contributed by atoms with van der Waals surface area (Å²) in [5.74, 6) is 0.349. The highest BCUT2D eigenvalue weighted by Crippen LogP contribution is 2.30. The predicted octanol–water partition coefficient (Wildman–Crippen LogP) is 5.37. The molecule has 1 fully saturated rings. The maximum absolute atomic E-state index is 12.4. The fraction of sp³-hybridized carbons (Fsp3) is 0.292. The largest absolute Gasteiger partial charge is 0.573 e. The Kier molecular flexibility index (Phi) is 7.50. The summed E-state index contributed by atoms with van der Waals surface area (Å²) in [5, 5.41) is 3.22. The Balaban J connectivity index is 1.61. The summed E-state index contributed by atoms with van der Waals surface area (Å²) in [6.07, 6.45) is -4.72. The number of nitrogens with one attached hydrogen (secondary N) is 2. The van der Waals surface area contributed by atoms with Crippen molar-refractivity contribution in [2.24, 2.45) is 0 Å². The summed E-state index contributed by atoms with van der Waals surface area (Å²) in [6.45, 7) is 3.75. The number of anilines is 3. The van der Waals surface area contributed by atoms with Gasteiger partial charge in [-0.05, 0) is 68.5 Å². The molecule has 0 unspecified atom stereocenters. The smallest absolute Gasteiger partial charge is 0.406 e. The number of halogens is 3. The topological polar surface area (TPSA) is 52.7 Å². The Labute approximate surface area is 201 Å². The van der Waals surface area contributed by atoms with Gasteiger partial charge in [0.25, 0.3) is 0 Å². The van der Waals surface area contributed by atoms with E-state index in [1.807, 2.05) is 37.4 Å². The van der Waals surface area contributed by atoms with Crippen LogP contribution in [0, 0.1) is 0 Å². The number of benzene rings is 2. The third-order valence-corrected chi connectivity index (χ3v) is 6.12. The van der Waals surface area contributed by atoms with Gasteiger partial charge in [0.2, 0.25) is 0 Å². The van der Waals surface area contributed by atoms with Crippen LogP contribution in [0.3, 0.4) is 0 Å². The van der Waals surface area contributed by atoms with Crippen molar-refractivity contribution in [1.29, 1.82) is 0 Å². The second-order valence-corrected chi connectivity index (χ2v) is 9.00. The minimum atomic E-state index is -4.72. The molecule has 3 aromatic rings.